The molecule has 2 saturated carbocycles. The highest BCUT2D eigenvalue weighted by molar-refractivity contribution is 4.89. The van der Waals surface area contributed by atoms with Crippen LogP contribution in [0.5, 0.6) is 0 Å². The summed E-state index contributed by atoms with van der Waals surface area (Å²) in [6.07, 6.45) is 8.13. The zero-order chi connectivity index (χ0) is 13.2. The first kappa shape index (κ1) is 13.8. The molecule has 3 unspecified atom stereocenters. The largest absolute Gasteiger partial charge is 0.393 e. The molecule has 1 saturated heterocycles. The Morgan fingerprint density at radius 1 is 1.16 bits per heavy atom. The lowest BCUT2D eigenvalue weighted by molar-refractivity contribution is 0.0351. The summed E-state index contributed by atoms with van der Waals surface area (Å²) in [4.78, 5) is 2.62. The van der Waals surface area contributed by atoms with Gasteiger partial charge in [-0.1, -0.05) is 6.42 Å². The number of aliphatic hydroxyl groups excluding tert-OH is 1. The highest BCUT2D eigenvalue weighted by Gasteiger charge is 2.32. The number of rotatable bonds is 6. The van der Waals surface area contributed by atoms with Gasteiger partial charge in [0.2, 0.25) is 0 Å². The molecule has 1 heterocycles. The Kier molecular flexibility index (Phi) is 4.45. The summed E-state index contributed by atoms with van der Waals surface area (Å²) in [5.74, 6) is 2.36. The van der Waals surface area contributed by atoms with Crippen LogP contribution >= 0.6 is 0 Å². The molecule has 0 aromatic carbocycles. The van der Waals surface area contributed by atoms with Crippen molar-refractivity contribution in [3.8, 4) is 0 Å². The van der Waals surface area contributed by atoms with Crippen molar-refractivity contribution in [1.29, 1.82) is 0 Å². The van der Waals surface area contributed by atoms with Gasteiger partial charge in [0.15, 0.2) is 0 Å². The topological polar surface area (TPSA) is 35.5 Å². The van der Waals surface area contributed by atoms with Gasteiger partial charge in [-0.05, 0) is 63.3 Å². The van der Waals surface area contributed by atoms with E-state index in [0.717, 1.165) is 24.8 Å². The molecule has 0 bridgehead atoms. The van der Waals surface area contributed by atoms with E-state index in [1.54, 1.807) is 0 Å². The van der Waals surface area contributed by atoms with Gasteiger partial charge in [0.1, 0.15) is 0 Å². The number of piperidine rings is 1. The molecule has 2 N–H and O–H groups in total. The lowest BCUT2D eigenvalue weighted by Gasteiger charge is -2.42. The van der Waals surface area contributed by atoms with Gasteiger partial charge in [-0.2, -0.15) is 0 Å². The maximum Gasteiger partial charge on any atom is 0.0553 e. The van der Waals surface area contributed by atoms with Gasteiger partial charge < -0.3 is 15.3 Å². The highest BCUT2D eigenvalue weighted by Crippen LogP contribution is 2.31. The summed E-state index contributed by atoms with van der Waals surface area (Å²) < 4.78 is 0. The SMILES string of the molecule is CC(O)C1CC(NCC2CC2)CN(CC2CCC2)C1. The molecular formula is C16H30N2O. The van der Waals surface area contributed by atoms with E-state index in [9.17, 15) is 5.11 Å². The minimum Gasteiger partial charge on any atom is -0.393 e. The molecule has 3 aliphatic rings. The first-order chi connectivity index (χ1) is 9.20. The summed E-state index contributed by atoms with van der Waals surface area (Å²) in [7, 11) is 0. The zero-order valence-electron chi connectivity index (χ0n) is 12.4. The zero-order valence-corrected chi connectivity index (χ0v) is 12.4. The van der Waals surface area contributed by atoms with E-state index in [1.807, 2.05) is 6.92 Å². The van der Waals surface area contributed by atoms with Gasteiger partial charge in [-0.3, -0.25) is 0 Å². The average molecular weight is 266 g/mol. The van der Waals surface area contributed by atoms with E-state index in [-0.39, 0.29) is 6.10 Å². The molecule has 3 atom stereocenters. The van der Waals surface area contributed by atoms with Crippen molar-refractivity contribution < 1.29 is 5.11 Å². The Morgan fingerprint density at radius 3 is 2.53 bits per heavy atom. The van der Waals surface area contributed by atoms with Crippen LogP contribution in [0.3, 0.4) is 0 Å². The van der Waals surface area contributed by atoms with E-state index in [0.29, 0.717) is 12.0 Å². The molecule has 1 aliphatic heterocycles. The van der Waals surface area contributed by atoms with Gasteiger partial charge in [0.05, 0.1) is 6.10 Å². The van der Waals surface area contributed by atoms with Crippen LogP contribution in [-0.4, -0.2) is 48.3 Å². The van der Waals surface area contributed by atoms with E-state index in [2.05, 4.69) is 10.2 Å². The molecule has 0 amide bonds. The molecule has 3 fully saturated rings. The number of hydrogen-bond donors (Lipinski definition) is 2. The van der Waals surface area contributed by atoms with Crippen molar-refractivity contribution in [2.75, 3.05) is 26.2 Å². The lowest BCUT2D eigenvalue weighted by Crippen LogP contribution is -2.53. The van der Waals surface area contributed by atoms with Gasteiger partial charge in [-0.25, -0.2) is 0 Å². The third-order valence-corrected chi connectivity index (χ3v) is 5.37. The van der Waals surface area contributed by atoms with Crippen molar-refractivity contribution in [3.63, 3.8) is 0 Å². The fourth-order valence-electron chi connectivity index (χ4n) is 3.57. The predicted molar refractivity (Wildman–Crippen MR) is 78.1 cm³/mol. The Morgan fingerprint density at radius 2 is 1.95 bits per heavy atom. The number of aliphatic hydroxyl groups is 1. The molecule has 19 heavy (non-hydrogen) atoms. The second-order valence-corrected chi connectivity index (χ2v) is 7.30. The van der Waals surface area contributed by atoms with E-state index >= 15 is 0 Å². The fourth-order valence-corrected chi connectivity index (χ4v) is 3.57. The van der Waals surface area contributed by atoms with Crippen LogP contribution < -0.4 is 5.32 Å². The summed E-state index contributed by atoms with van der Waals surface area (Å²) in [5.41, 5.74) is 0. The number of hydrogen-bond acceptors (Lipinski definition) is 3. The monoisotopic (exact) mass is 266 g/mol. The number of nitrogens with zero attached hydrogens (tertiary/aromatic N) is 1. The first-order valence-corrected chi connectivity index (χ1v) is 8.34. The third kappa shape index (κ3) is 3.93. The summed E-state index contributed by atoms with van der Waals surface area (Å²) in [6.45, 7) is 6.75. The first-order valence-electron chi connectivity index (χ1n) is 8.34. The average Bonchev–Trinajstić information content (AvgIpc) is 3.15. The molecule has 3 heteroatoms. The van der Waals surface area contributed by atoms with Crippen molar-refractivity contribution in [1.82, 2.24) is 10.2 Å². The number of likely N-dealkylation sites (tertiary alicyclic amines) is 1. The second kappa shape index (κ2) is 6.11. The van der Waals surface area contributed by atoms with Gasteiger partial charge in [0.25, 0.3) is 0 Å². The Balaban J connectivity index is 1.50. The quantitative estimate of drug-likeness (QED) is 0.770. The van der Waals surface area contributed by atoms with Crippen LogP contribution in [0.25, 0.3) is 0 Å². The van der Waals surface area contributed by atoms with E-state index in [1.165, 1.54) is 51.7 Å². The van der Waals surface area contributed by atoms with Crippen LogP contribution in [0, 0.1) is 17.8 Å². The molecule has 0 aromatic rings. The molecule has 3 rings (SSSR count). The minimum absolute atomic E-state index is 0.158. The molecule has 0 aromatic heterocycles. The lowest BCUT2D eigenvalue weighted by atomic mass is 9.83. The standard InChI is InChI=1S/C16H30N2O/c1-12(19)15-7-16(17-8-13-5-6-13)11-18(10-15)9-14-3-2-4-14/h12-17,19H,2-11H2,1H3. The van der Waals surface area contributed by atoms with Crippen LogP contribution in [0.1, 0.15) is 45.4 Å². The minimum atomic E-state index is -0.158. The Labute approximate surface area is 117 Å². The maximum atomic E-state index is 9.95. The van der Waals surface area contributed by atoms with Gasteiger partial charge in [0, 0.05) is 25.7 Å². The van der Waals surface area contributed by atoms with E-state index in [4.69, 9.17) is 0 Å². The van der Waals surface area contributed by atoms with Crippen LogP contribution in [-0.2, 0) is 0 Å². The van der Waals surface area contributed by atoms with Crippen molar-refractivity contribution >= 4 is 0 Å². The molecule has 2 aliphatic carbocycles. The Bertz CT molecular complexity index is 286. The predicted octanol–water partition coefficient (Wildman–Crippen LogP) is 1.86. The van der Waals surface area contributed by atoms with Crippen LogP contribution in [0.4, 0.5) is 0 Å². The smallest absolute Gasteiger partial charge is 0.0553 e. The van der Waals surface area contributed by atoms with Gasteiger partial charge >= 0.3 is 0 Å². The van der Waals surface area contributed by atoms with Crippen molar-refractivity contribution in [2.24, 2.45) is 17.8 Å². The molecule has 0 spiro atoms. The molecular weight excluding hydrogens is 236 g/mol. The van der Waals surface area contributed by atoms with Crippen molar-refractivity contribution in [2.45, 2.75) is 57.6 Å². The van der Waals surface area contributed by atoms with Gasteiger partial charge in [-0.15, -0.1) is 0 Å². The summed E-state index contributed by atoms with van der Waals surface area (Å²) in [5, 5.41) is 13.7. The fraction of sp³-hybridized carbons (Fsp3) is 1.00. The highest BCUT2D eigenvalue weighted by atomic mass is 16.3. The second-order valence-electron chi connectivity index (χ2n) is 7.30. The third-order valence-electron chi connectivity index (χ3n) is 5.37. The summed E-state index contributed by atoms with van der Waals surface area (Å²) in [6, 6.07) is 0.606. The molecule has 110 valence electrons. The number of nitrogens with one attached hydrogen (secondary N) is 1. The molecule has 3 nitrogen and oxygen atoms in total. The van der Waals surface area contributed by atoms with Crippen LogP contribution in [0.15, 0.2) is 0 Å². The maximum absolute atomic E-state index is 9.95. The Hall–Kier alpha value is -0.120. The summed E-state index contributed by atoms with van der Waals surface area (Å²) >= 11 is 0. The van der Waals surface area contributed by atoms with E-state index < -0.39 is 0 Å². The molecule has 0 radical (unpaired) electrons. The van der Waals surface area contributed by atoms with Crippen molar-refractivity contribution in [3.05, 3.63) is 0 Å². The normalized spacial score (nSPS) is 35.1. The van der Waals surface area contributed by atoms with Crippen LogP contribution in [0.2, 0.25) is 0 Å².